The molecular formula is C21H26N4O3. The normalized spacial score (nSPS) is 12.9. The summed E-state index contributed by atoms with van der Waals surface area (Å²) in [7, 11) is 0. The third-order valence-corrected chi connectivity index (χ3v) is 5.07. The van der Waals surface area contributed by atoms with Gasteiger partial charge in [-0.1, -0.05) is 13.0 Å². The second-order valence-corrected chi connectivity index (χ2v) is 7.04. The van der Waals surface area contributed by atoms with Crippen LogP contribution in [0, 0.1) is 13.8 Å². The first-order valence-corrected chi connectivity index (χ1v) is 9.58. The average Bonchev–Trinajstić information content (AvgIpc) is 3.17. The van der Waals surface area contributed by atoms with Crippen LogP contribution in [0.15, 0.2) is 18.2 Å². The molecule has 0 atom stereocenters. The molecule has 0 fully saturated rings. The minimum atomic E-state index is -0.322. The summed E-state index contributed by atoms with van der Waals surface area (Å²) >= 11 is 0. The van der Waals surface area contributed by atoms with E-state index in [4.69, 9.17) is 0 Å². The summed E-state index contributed by atoms with van der Waals surface area (Å²) in [5.74, 6) is -0.536. The van der Waals surface area contributed by atoms with Gasteiger partial charge in [0.25, 0.3) is 17.7 Å². The number of carbonyl (C=O) groups is 3. The summed E-state index contributed by atoms with van der Waals surface area (Å²) in [6.07, 6.45) is 0.853. The van der Waals surface area contributed by atoms with Crippen LogP contribution in [-0.2, 0) is 6.54 Å². The van der Waals surface area contributed by atoms with Crippen LogP contribution < -0.4 is 10.6 Å². The predicted octanol–water partition coefficient (Wildman–Crippen LogP) is 3.00. The van der Waals surface area contributed by atoms with Crippen LogP contribution in [-0.4, -0.2) is 40.7 Å². The molecule has 7 heteroatoms. The Morgan fingerprint density at radius 1 is 1.18 bits per heavy atom. The topological polar surface area (TPSA) is 94.3 Å². The van der Waals surface area contributed by atoms with E-state index in [1.165, 1.54) is 0 Å². The van der Waals surface area contributed by atoms with E-state index < -0.39 is 0 Å². The van der Waals surface area contributed by atoms with Crippen molar-refractivity contribution in [1.29, 1.82) is 0 Å². The Morgan fingerprint density at radius 2 is 1.93 bits per heavy atom. The van der Waals surface area contributed by atoms with Gasteiger partial charge >= 0.3 is 0 Å². The first-order valence-electron chi connectivity index (χ1n) is 9.58. The number of aromatic nitrogens is 1. The number of hydrogen-bond acceptors (Lipinski definition) is 3. The summed E-state index contributed by atoms with van der Waals surface area (Å²) in [4.78, 5) is 42.3. The van der Waals surface area contributed by atoms with Crippen LogP contribution >= 0.6 is 0 Å². The number of benzene rings is 1. The highest BCUT2D eigenvalue weighted by molar-refractivity contribution is 6.09. The van der Waals surface area contributed by atoms with Gasteiger partial charge in [0.2, 0.25) is 0 Å². The number of aromatic amines is 1. The van der Waals surface area contributed by atoms with Crippen molar-refractivity contribution < 1.29 is 14.4 Å². The molecular weight excluding hydrogens is 356 g/mol. The molecule has 0 aliphatic carbocycles. The van der Waals surface area contributed by atoms with Gasteiger partial charge in [0, 0.05) is 30.0 Å². The second kappa shape index (κ2) is 7.88. The van der Waals surface area contributed by atoms with E-state index >= 15 is 0 Å². The number of amides is 3. The third-order valence-electron chi connectivity index (χ3n) is 5.07. The van der Waals surface area contributed by atoms with Gasteiger partial charge in [0.05, 0.1) is 12.1 Å². The third kappa shape index (κ3) is 3.52. The molecule has 148 valence electrons. The molecule has 1 aliphatic heterocycles. The number of nitrogens with zero attached hydrogens (tertiary/aromatic N) is 1. The molecule has 0 bridgehead atoms. The molecule has 3 N–H and O–H groups in total. The second-order valence-electron chi connectivity index (χ2n) is 7.04. The summed E-state index contributed by atoms with van der Waals surface area (Å²) in [5, 5.41) is 5.70. The Kier molecular flexibility index (Phi) is 5.53. The van der Waals surface area contributed by atoms with Crippen LogP contribution in [0.25, 0.3) is 0 Å². The van der Waals surface area contributed by atoms with Crippen LogP contribution in [0.4, 0.5) is 5.69 Å². The average molecular weight is 382 g/mol. The zero-order valence-corrected chi connectivity index (χ0v) is 16.7. The molecule has 1 aromatic heterocycles. The zero-order valence-electron chi connectivity index (χ0n) is 16.7. The van der Waals surface area contributed by atoms with Crippen molar-refractivity contribution in [3.63, 3.8) is 0 Å². The molecule has 2 heterocycles. The molecule has 2 aromatic rings. The van der Waals surface area contributed by atoms with Crippen molar-refractivity contribution in [3.8, 4) is 0 Å². The molecule has 1 aromatic carbocycles. The molecule has 3 amide bonds. The number of H-pyrrole nitrogens is 1. The van der Waals surface area contributed by atoms with Gasteiger partial charge in [-0.05, 0) is 50.5 Å². The predicted molar refractivity (Wildman–Crippen MR) is 108 cm³/mol. The quantitative estimate of drug-likeness (QED) is 0.717. The van der Waals surface area contributed by atoms with Gasteiger partial charge in [-0.3, -0.25) is 14.4 Å². The van der Waals surface area contributed by atoms with E-state index in [-0.39, 0.29) is 17.7 Å². The van der Waals surface area contributed by atoms with E-state index in [9.17, 15) is 14.4 Å². The van der Waals surface area contributed by atoms with Gasteiger partial charge in [-0.25, -0.2) is 0 Å². The minimum absolute atomic E-state index is 0.0453. The molecule has 7 nitrogen and oxygen atoms in total. The largest absolute Gasteiger partial charge is 0.352 e. The van der Waals surface area contributed by atoms with E-state index in [1.54, 1.807) is 30.0 Å². The van der Waals surface area contributed by atoms with Crippen LogP contribution in [0.3, 0.4) is 0 Å². The highest BCUT2D eigenvalue weighted by Crippen LogP contribution is 2.28. The van der Waals surface area contributed by atoms with E-state index in [0.717, 1.165) is 17.7 Å². The molecule has 0 saturated heterocycles. The molecule has 1 aliphatic rings. The van der Waals surface area contributed by atoms with E-state index in [1.807, 2.05) is 20.8 Å². The standard InChI is InChI=1S/C21H26N4O3/c1-5-9-22-19(26)14-8-7-12(3)15(10-14)24-20(27)18-13(4)17-16(23-18)11-25(6-2)21(17)28/h7-8,10,23H,5-6,9,11H2,1-4H3,(H,22,26)(H,24,27). The Hall–Kier alpha value is -3.09. The monoisotopic (exact) mass is 382 g/mol. The molecule has 3 rings (SSSR count). The maximum Gasteiger partial charge on any atom is 0.272 e. The van der Waals surface area contributed by atoms with Gasteiger partial charge in [0.15, 0.2) is 0 Å². The number of aryl methyl sites for hydroxylation is 1. The van der Waals surface area contributed by atoms with E-state index in [0.29, 0.717) is 47.7 Å². The number of fused-ring (bicyclic) bond motifs is 1. The van der Waals surface area contributed by atoms with Gasteiger partial charge in [-0.2, -0.15) is 0 Å². The fourth-order valence-corrected chi connectivity index (χ4v) is 3.39. The van der Waals surface area contributed by atoms with Crippen molar-refractivity contribution in [1.82, 2.24) is 15.2 Å². The zero-order chi connectivity index (χ0) is 20.4. The van der Waals surface area contributed by atoms with Crippen LogP contribution in [0.5, 0.6) is 0 Å². The highest BCUT2D eigenvalue weighted by Gasteiger charge is 2.33. The molecule has 0 radical (unpaired) electrons. The fourth-order valence-electron chi connectivity index (χ4n) is 3.39. The number of anilines is 1. The molecule has 28 heavy (non-hydrogen) atoms. The van der Waals surface area contributed by atoms with Crippen LogP contribution in [0.1, 0.15) is 68.3 Å². The maximum atomic E-state index is 12.8. The molecule has 0 unspecified atom stereocenters. The van der Waals surface area contributed by atoms with Crippen molar-refractivity contribution in [2.45, 2.75) is 40.7 Å². The van der Waals surface area contributed by atoms with Gasteiger partial charge < -0.3 is 20.5 Å². The number of hydrogen-bond donors (Lipinski definition) is 3. The molecule has 0 spiro atoms. The number of carbonyl (C=O) groups excluding carboxylic acids is 3. The number of rotatable bonds is 6. The maximum absolute atomic E-state index is 12.8. The summed E-state index contributed by atoms with van der Waals surface area (Å²) in [6, 6.07) is 5.22. The van der Waals surface area contributed by atoms with Crippen molar-refractivity contribution in [2.75, 3.05) is 18.4 Å². The van der Waals surface area contributed by atoms with Gasteiger partial charge in [0.1, 0.15) is 5.69 Å². The van der Waals surface area contributed by atoms with Crippen molar-refractivity contribution >= 4 is 23.4 Å². The Labute approximate surface area is 164 Å². The SMILES string of the molecule is CCCNC(=O)c1ccc(C)c(NC(=O)c2[nH]c3c(c2C)C(=O)N(CC)C3)c1. The Bertz CT molecular complexity index is 945. The van der Waals surface area contributed by atoms with Crippen molar-refractivity contribution in [2.24, 2.45) is 0 Å². The Morgan fingerprint density at radius 3 is 2.57 bits per heavy atom. The van der Waals surface area contributed by atoms with Gasteiger partial charge in [-0.15, -0.1) is 0 Å². The summed E-state index contributed by atoms with van der Waals surface area (Å²) in [6.45, 7) is 9.29. The van der Waals surface area contributed by atoms with Crippen molar-refractivity contribution in [3.05, 3.63) is 51.8 Å². The Balaban J connectivity index is 1.82. The smallest absolute Gasteiger partial charge is 0.272 e. The van der Waals surface area contributed by atoms with Crippen LogP contribution in [0.2, 0.25) is 0 Å². The minimum Gasteiger partial charge on any atom is -0.352 e. The summed E-state index contributed by atoms with van der Waals surface area (Å²) < 4.78 is 0. The number of nitrogens with one attached hydrogen (secondary N) is 3. The van der Waals surface area contributed by atoms with E-state index in [2.05, 4.69) is 15.6 Å². The summed E-state index contributed by atoms with van der Waals surface area (Å²) in [5.41, 5.74) is 4.33. The lowest BCUT2D eigenvalue weighted by Crippen LogP contribution is -2.25. The first kappa shape index (κ1) is 19.7. The fraction of sp³-hybridized carbons (Fsp3) is 0.381. The first-order chi connectivity index (χ1) is 13.4. The molecule has 0 saturated carbocycles. The lowest BCUT2D eigenvalue weighted by Gasteiger charge is -2.14. The highest BCUT2D eigenvalue weighted by atomic mass is 16.2. The lowest BCUT2D eigenvalue weighted by atomic mass is 10.1. The lowest BCUT2D eigenvalue weighted by molar-refractivity contribution is 0.0785.